The Hall–Kier alpha value is -1.69. The largest absolute Gasteiger partial charge is 0.358 e. The molecule has 0 radical (unpaired) electrons. The topological polar surface area (TPSA) is 58.4 Å². The van der Waals surface area contributed by atoms with Crippen LogP contribution >= 0.6 is 0 Å². The van der Waals surface area contributed by atoms with Gasteiger partial charge >= 0.3 is 0 Å². The molecule has 2 heterocycles. The van der Waals surface area contributed by atoms with E-state index in [9.17, 15) is 0 Å². The number of hydrogen-bond acceptors (Lipinski definition) is 5. The molecule has 18 heavy (non-hydrogen) atoms. The van der Waals surface area contributed by atoms with Gasteiger partial charge in [0.2, 0.25) is 0 Å². The Morgan fingerprint density at radius 3 is 2.94 bits per heavy atom. The average Bonchev–Trinajstić information content (AvgIpc) is 2.74. The van der Waals surface area contributed by atoms with E-state index in [2.05, 4.69) is 46.2 Å². The van der Waals surface area contributed by atoms with E-state index in [1.165, 1.54) is 6.33 Å². The number of aryl methyl sites for hydroxylation is 1. The molecule has 0 unspecified atom stereocenters. The van der Waals surface area contributed by atoms with Crippen LogP contribution in [0.4, 0.5) is 5.82 Å². The van der Waals surface area contributed by atoms with Crippen LogP contribution in [0.5, 0.6) is 0 Å². The summed E-state index contributed by atoms with van der Waals surface area (Å²) in [5.74, 6) is 1.66. The van der Waals surface area contributed by atoms with Crippen LogP contribution in [0.25, 0.3) is 5.78 Å². The van der Waals surface area contributed by atoms with Gasteiger partial charge in [-0.2, -0.15) is 14.6 Å². The minimum atomic E-state index is 0.504. The van der Waals surface area contributed by atoms with Gasteiger partial charge in [0, 0.05) is 37.9 Å². The summed E-state index contributed by atoms with van der Waals surface area (Å²) in [6.45, 7) is 8.11. The molecule has 6 heteroatoms. The Kier molecular flexibility index (Phi) is 3.76. The summed E-state index contributed by atoms with van der Waals surface area (Å²) in [4.78, 5) is 10.6. The van der Waals surface area contributed by atoms with Crippen LogP contribution in [-0.4, -0.2) is 45.8 Å². The van der Waals surface area contributed by atoms with Gasteiger partial charge in [0.1, 0.15) is 12.1 Å². The lowest BCUT2D eigenvalue weighted by molar-refractivity contribution is 0.587. The molecular formula is C12H20N6. The standard InChI is InChI=1S/C12H20N6/c1-9(2)13-5-6-17(4)11-7-10(3)16-12-14-8-15-18(11)12/h7-9,13H,5-6H2,1-4H3. The fraction of sp³-hybridized carbons (Fsp3) is 0.583. The predicted octanol–water partition coefficient (Wildman–Crippen LogP) is 0.867. The van der Waals surface area contributed by atoms with Crippen LogP contribution in [0.15, 0.2) is 12.4 Å². The lowest BCUT2D eigenvalue weighted by atomic mass is 10.3. The van der Waals surface area contributed by atoms with Crippen LogP contribution in [0.2, 0.25) is 0 Å². The molecule has 0 saturated carbocycles. The van der Waals surface area contributed by atoms with Gasteiger partial charge in [0.15, 0.2) is 0 Å². The first kappa shape index (κ1) is 12.8. The minimum Gasteiger partial charge on any atom is -0.358 e. The lowest BCUT2D eigenvalue weighted by Crippen LogP contribution is -2.33. The number of nitrogens with one attached hydrogen (secondary N) is 1. The third kappa shape index (κ3) is 2.76. The first-order chi connectivity index (χ1) is 8.58. The highest BCUT2D eigenvalue weighted by molar-refractivity contribution is 5.46. The number of rotatable bonds is 5. The molecule has 0 aliphatic carbocycles. The maximum atomic E-state index is 4.33. The summed E-state index contributed by atoms with van der Waals surface area (Å²) in [6, 6.07) is 2.53. The number of nitrogens with zero attached hydrogens (tertiary/aromatic N) is 5. The van der Waals surface area contributed by atoms with E-state index >= 15 is 0 Å². The normalized spacial score (nSPS) is 11.4. The van der Waals surface area contributed by atoms with Crippen LogP contribution < -0.4 is 10.2 Å². The molecule has 98 valence electrons. The zero-order valence-electron chi connectivity index (χ0n) is 11.4. The van der Waals surface area contributed by atoms with E-state index in [-0.39, 0.29) is 0 Å². The van der Waals surface area contributed by atoms with Gasteiger partial charge in [0.25, 0.3) is 5.78 Å². The lowest BCUT2D eigenvalue weighted by Gasteiger charge is -2.20. The molecule has 0 aromatic carbocycles. The highest BCUT2D eigenvalue weighted by Gasteiger charge is 2.09. The smallest absolute Gasteiger partial charge is 0.254 e. The van der Waals surface area contributed by atoms with E-state index in [0.29, 0.717) is 11.8 Å². The minimum absolute atomic E-state index is 0.504. The van der Waals surface area contributed by atoms with Gasteiger partial charge in [-0.05, 0) is 6.92 Å². The van der Waals surface area contributed by atoms with Crippen LogP contribution in [-0.2, 0) is 0 Å². The van der Waals surface area contributed by atoms with Gasteiger partial charge in [-0.1, -0.05) is 13.8 Å². The molecule has 6 nitrogen and oxygen atoms in total. The molecular weight excluding hydrogens is 228 g/mol. The Morgan fingerprint density at radius 1 is 1.44 bits per heavy atom. The SMILES string of the molecule is Cc1cc(N(C)CCNC(C)C)n2ncnc2n1. The van der Waals surface area contributed by atoms with Crippen molar-refractivity contribution in [3.63, 3.8) is 0 Å². The van der Waals surface area contributed by atoms with Crippen molar-refractivity contribution in [1.82, 2.24) is 24.9 Å². The van der Waals surface area contributed by atoms with E-state index in [1.807, 2.05) is 13.0 Å². The third-order valence-corrected chi connectivity index (χ3v) is 2.75. The maximum Gasteiger partial charge on any atom is 0.254 e. The summed E-state index contributed by atoms with van der Waals surface area (Å²) in [5.41, 5.74) is 0.953. The molecule has 0 saturated heterocycles. The van der Waals surface area contributed by atoms with Crippen molar-refractivity contribution in [3.8, 4) is 0 Å². The molecule has 0 amide bonds. The number of aromatic nitrogens is 4. The Morgan fingerprint density at radius 2 is 2.22 bits per heavy atom. The van der Waals surface area contributed by atoms with Crippen molar-refractivity contribution in [2.75, 3.05) is 25.0 Å². The van der Waals surface area contributed by atoms with Crippen molar-refractivity contribution in [2.45, 2.75) is 26.8 Å². The molecule has 2 aromatic heterocycles. The zero-order valence-corrected chi connectivity index (χ0v) is 11.4. The van der Waals surface area contributed by atoms with E-state index in [4.69, 9.17) is 0 Å². The molecule has 0 spiro atoms. The van der Waals surface area contributed by atoms with Crippen molar-refractivity contribution < 1.29 is 0 Å². The van der Waals surface area contributed by atoms with Crippen molar-refractivity contribution in [3.05, 3.63) is 18.1 Å². The van der Waals surface area contributed by atoms with Crippen LogP contribution in [0, 0.1) is 6.92 Å². The molecule has 0 aliphatic heterocycles. The van der Waals surface area contributed by atoms with Gasteiger partial charge in [-0.25, -0.2) is 4.98 Å². The second kappa shape index (κ2) is 5.30. The van der Waals surface area contributed by atoms with Crippen LogP contribution in [0.1, 0.15) is 19.5 Å². The highest BCUT2D eigenvalue weighted by atomic mass is 15.4. The Balaban J connectivity index is 2.16. The van der Waals surface area contributed by atoms with E-state index in [0.717, 1.165) is 24.6 Å². The quantitative estimate of drug-likeness (QED) is 0.850. The average molecular weight is 248 g/mol. The molecule has 0 bridgehead atoms. The molecule has 0 fully saturated rings. The third-order valence-electron chi connectivity index (χ3n) is 2.75. The molecule has 2 rings (SSSR count). The monoisotopic (exact) mass is 248 g/mol. The summed E-state index contributed by atoms with van der Waals surface area (Å²) in [5, 5.41) is 7.61. The zero-order chi connectivity index (χ0) is 13.1. The van der Waals surface area contributed by atoms with Crippen molar-refractivity contribution in [2.24, 2.45) is 0 Å². The van der Waals surface area contributed by atoms with Gasteiger partial charge in [-0.15, -0.1) is 0 Å². The molecule has 0 aliphatic rings. The molecule has 0 atom stereocenters. The Labute approximate surface area is 107 Å². The summed E-state index contributed by atoms with van der Waals surface area (Å²) in [6.07, 6.45) is 1.53. The second-order valence-corrected chi connectivity index (χ2v) is 4.76. The molecule has 1 N–H and O–H groups in total. The van der Waals surface area contributed by atoms with Gasteiger partial charge in [-0.3, -0.25) is 0 Å². The summed E-state index contributed by atoms with van der Waals surface area (Å²) >= 11 is 0. The first-order valence-electron chi connectivity index (χ1n) is 6.20. The summed E-state index contributed by atoms with van der Waals surface area (Å²) < 4.78 is 1.77. The Bertz CT molecular complexity index is 518. The number of hydrogen-bond donors (Lipinski definition) is 1. The molecule has 2 aromatic rings. The maximum absolute atomic E-state index is 4.33. The van der Waals surface area contributed by atoms with Crippen molar-refractivity contribution >= 4 is 11.6 Å². The summed E-state index contributed by atoms with van der Waals surface area (Å²) in [7, 11) is 2.05. The highest BCUT2D eigenvalue weighted by Crippen LogP contribution is 2.13. The van der Waals surface area contributed by atoms with Crippen molar-refractivity contribution in [1.29, 1.82) is 0 Å². The fourth-order valence-corrected chi connectivity index (χ4v) is 1.82. The number of anilines is 1. The predicted molar refractivity (Wildman–Crippen MR) is 71.9 cm³/mol. The van der Waals surface area contributed by atoms with Crippen LogP contribution in [0.3, 0.4) is 0 Å². The van der Waals surface area contributed by atoms with Gasteiger partial charge < -0.3 is 10.2 Å². The van der Waals surface area contributed by atoms with E-state index < -0.39 is 0 Å². The first-order valence-corrected chi connectivity index (χ1v) is 6.20. The number of likely N-dealkylation sites (N-methyl/N-ethyl adjacent to an activating group) is 1. The number of fused-ring (bicyclic) bond motifs is 1. The second-order valence-electron chi connectivity index (χ2n) is 4.76. The van der Waals surface area contributed by atoms with Gasteiger partial charge in [0.05, 0.1) is 0 Å². The van der Waals surface area contributed by atoms with E-state index in [1.54, 1.807) is 4.52 Å². The fourth-order valence-electron chi connectivity index (χ4n) is 1.82.